The molecule has 1 aliphatic rings. The highest BCUT2D eigenvalue weighted by atomic mass is 35.5. The van der Waals surface area contributed by atoms with Gasteiger partial charge in [-0.15, -0.1) is 0 Å². The Morgan fingerprint density at radius 3 is 2.67 bits per heavy atom. The maximum Gasteiger partial charge on any atom is 0.225 e. The SMILES string of the molecule is CCNC(=NCCOc1cccc(Cl)c1)N1CCN(c2ncccn2)CC1. The molecule has 3 rings (SSSR count). The van der Waals surface area contributed by atoms with E-state index in [1.807, 2.05) is 24.3 Å². The minimum absolute atomic E-state index is 0.507. The van der Waals surface area contributed by atoms with Crippen LogP contribution in [0.15, 0.2) is 47.7 Å². The molecule has 1 aromatic heterocycles. The smallest absolute Gasteiger partial charge is 0.225 e. The average Bonchev–Trinajstić information content (AvgIpc) is 2.71. The summed E-state index contributed by atoms with van der Waals surface area (Å²) < 4.78 is 5.72. The fourth-order valence-corrected chi connectivity index (χ4v) is 3.05. The van der Waals surface area contributed by atoms with Crippen LogP contribution >= 0.6 is 11.6 Å². The molecule has 0 radical (unpaired) electrons. The van der Waals surface area contributed by atoms with Crippen molar-refractivity contribution in [2.24, 2.45) is 4.99 Å². The minimum Gasteiger partial charge on any atom is -0.492 e. The third-order valence-corrected chi connectivity index (χ3v) is 4.40. The number of aromatic nitrogens is 2. The van der Waals surface area contributed by atoms with E-state index in [0.29, 0.717) is 18.2 Å². The number of nitrogens with one attached hydrogen (secondary N) is 1. The van der Waals surface area contributed by atoms with Crippen molar-refractivity contribution in [1.29, 1.82) is 0 Å². The van der Waals surface area contributed by atoms with Crippen molar-refractivity contribution in [2.75, 3.05) is 50.8 Å². The number of anilines is 1. The van der Waals surface area contributed by atoms with Gasteiger partial charge in [0.25, 0.3) is 0 Å². The Labute approximate surface area is 165 Å². The summed E-state index contributed by atoms with van der Waals surface area (Å²) in [7, 11) is 0. The first-order valence-corrected chi connectivity index (χ1v) is 9.57. The Morgan fingerprint density at radius 1 is 1.19 bits per heavy atom. The number of hydrogen-bond donors (Lipinski definition) is 1. The molecule has 7 nitrogen and oxygen atoms in total. The van der Waals surface area contributed by atoms with Crippen molar-refractivity contribution in [3.8, 4) is 5.75 Å². The van der Waals surface area contributed by atoms with Crippen molar-refractivity contribution in [3.05, 3.63) is 47.7 Å². The lowest BCUT2D eigenvalue weighted by Gasteiger charge is -2.36. The second-order valence-corrected chi connectivity index (χ2v) is 6.50. The molecular formula is C19H25ClN6O. The number of benzene rings is 1. The summed E-state index contributed by atoms with van der Waals surface area (Å²) in [5.41, 5.74) is 0. The molecule has 0 spiro atoms. The minimum atomic E-state index is 0.507. The molecule has 0 saturated carbocycles. The van der Waals surface area contributed by atoms with E-state index < -0.39 is 0 Å². The summed E-state index contributed by atoms with van der Waals surface area (Å²) in [5, 5.41) is 4.04. The van der Waals surface area contributed by atoms with Crippen LogP contribution in [0.1, 0.15) is 6.92 Å². The molecule has 0 amide bonds. The van der Waals surface area contributed by atoms with Gasteiger partial charge >= 0.3 is 0 Å². The molecule has 1 aliphatic heterocycles. The van der Waals surface area contributed by atoms with E-state index in [0.717, 1.165) is 50.4 Å². The third kappa shape index (κ3) is 5.72. The van der Waals surface area contributed by atoms with Gasteiger partial charge < -0.3 is 19.9 Å². The molecular weight excluding hydrogens is 364 g/mol. The number of aliphatic imine (C=N–C) groups is 1. The summed E-state index contributed by atoms with van der Waals surface area (Å²) in [5.74, 6) is 2.47. The molecule has 27 heavy (non-hydrogen) atoms. The van der Waals surface area contributed by atoms with Crippen LogP contribution in [0.4, 0.5) is 5.95 Å². The zero-order valence-corrected chi connectivity index (χ0v) is 16.3. The first-order chi connectivity index (χ1) is 13.3. The first-order valence-electron chi connectivity index (χ1n) is 9.20. The quantitative estimate of drug-likeness (QED) is 0.465. The van der Waals surface area contributed by atoms with Crippen molar-refractivity contribution in [3.63, 3.8) is 0 Å². The molecule has 1 saturated heterocycles. The summed E-state index contributed by atoms with van der Waals surface area (Å²) >= 11 is 5.97. The van der Waals surface area contributed by atoms with Crippen molar-refractivity contribution in [2.45, 2.75) is 6.92 Å². The van der Waals surface area contributed by atoms with Gasteiger partial charge in [0.2, 0.25) is 5.95 Å². The maximum atomic E-state index is 5.97. The molecule has 1 fully saturated rings. The van der Waals surface area contributed by atoms with Crippen LogP contribution in [-0.2, 0) is 0 Å². The van der Waals surface area contributed by atoms with Crippen LogP contribution in [0, 0.1) is 0 Å². The highest BCUT2D eigenvalue weighted by molar-refractivity contribution is 6.30. The number of hydrogen-bond acceptors (Lipinski definition) is 5. The van der Waals surface area contributed by atoms with Crippen LogP contribution in [0.5, 0.6) is 5.75 Å². The Hall–Kier alpha value is -2.54. The maximum absolute atomic E-state index is 5.97. The number of ether oxygens (including phenoxy) is 1. The summed E-state index contributed by atoms with van der Waals surface area (Å²) in [6, 6.07) is 9.24. The van der Waals surface area contributed by atoms with Crippen molar-refractivity contribution >= 4 is 23.5 Å². The summed E-state index contributed by atoms with van der Waals surface area (Å²) in [4.78, 5) is 17.8. The van der Waals surface area contributed by atoms with Gasteiger partial charge in [-0.25, -0.2) is 15.0 Å². The van der Waals surface area contributed by atoms with Crippen molar-refractivity contribution < 1.29 is 4.74 Å². The standard InChI is InChI=1S/C19H25ClN6O/c1-2-21-18(24-9-14-27-17-6-3-5-16(20)15-17)25-10-12-26(13-11-25)19-22-7-4-8-23-19/h3-8,15H,2,9-14H2,1H3,(H,21,24). The number of guanidine groups is 1. The summed E-state index contributed by atoms with van der Waals surface area (Å²) in [6.45, 7) is 7.48. The Bertz CT molecular complexity index is 734. The number of piperazine rings is 1. The highest BCUT2D eigenvalue weighted by Crippen LogP contribution is 2.16. The van der Waals surface area contributed by atoms with Crippen LogP contribution in [0.3, 0.4) is 0 Å². The van der Waals surface area contributed by atoms with Crippen LogP contribution in [0.25, 0.3) is 0 Å². The monoisotopic (exact) mass is 388 g/mol. The fraction of sp³-hybridized carbons (Fsp3) is 0.421. The van der Waals surface area contributed by atoms with Gasteiger partial charge in [-0.3, -0.25) is 0 Å². The normalized spacial score (nSPS) is 15.0. The first kappa shape index (κ1) is 19.2. The van der Waals surface area contributed by atoms with Gasteiger partial charge in [-0.05, 0) is 31.2 Å². The largest absolute Gasteiger partial charge is 0.492 e. The molecule has 1 aromatic carbocycles. The number of nitrogens with zero attached hydrogens (tertiary/aromatic N) is 5. The van der Waals surface area contributed by atoms with Gasteiger partial charge in [0.05, 0.1) is 6.54 Å². The molecule has 0 aliphatic carbocycles. The van der Waals surface area contributed by atoms with Crippen LogP contribution in [-0.4, -0.2) is 66.7 Å². The zero-order valence-electron chi connectivity index (χ0n) is 15.5. The number of halogens is 1. The lowest BCUT2D eigenvalue weighted by molar-refractivity contribution is 0.325. The zero-order chi connectivity index (χ0) is 18.9. The molecule has 144 valence electrons. The Kier molecular flexibility index (Phi) is 7.10. The van der Waals surface area contributed by atoms with Gasteiger partial charge in [-0.2, -0.15) is 0 Å². The molecule has 2 heterocycles. The highest BCUT2D eigenvalue weighted by Gasteiger charge is 2.20. The number of rotatable bonds is 6. The Balaban J connectivity index is 1.50. The van der Waals surface area contributed by atoms with Crippen LogP contribution in [0.2, 0.25) is 5.02 Å². The van der Waals surface area contributed by atoms with E-state index in [4.69, 9.17) is 21.3 Å². The predicted molar refractivity (Wildman–Crippen MR) is 109 cm³/mol. The van der Waals surface area contributed by atoms with Gasteiger partial charge in [-0.1, -0.05) is 17.7 Å². The molecule has 8 heteroatoms. The lowest BCUT2D eigenvalue weighted by atomic mass is 10.3. The van der Waals surface area contributed by atoms with Gasteiger partial charge in [0, 0.05) is 50.1 Å². The van der Waals surface area contributed by atoms with E-state index in [1.54, 1.807) is 18.5 Å². The molecule has 1 N–H and O–H groups in total. The van der Waals surface area contributed by atoms with Gasteiger partial charge in [0.15, 0.2) is 5.96 Å². The van der Waals surface area contributed by atoms with E-state index >= 15 is 0 Å². The molecule has 0 atom stereocenters. The average molecular weight is 389 g/mol. The molecule has 0 bridgehead atoms. The molecule has 2 aromatic rings. The van der Waals surface area contributed by atoms with E-state index in [9.17, 15) is 0 Å². The van der Waals surface area contributed by atoms with Gasteiger partial charge in [0.1, 0.15) is 12.4 Å². The van der Waals surface area contributed by atoms with E-state index in [-0.39, 0.29) is 0 Å². The topological polar surface area (TPSA) is 65.9 Å². The van der Waals surface area contributed by atoms with E-state index in [2.05, 4.69) is 32.0 Å². The summed E-state index contributed by atoms with van der Waals surface area (Å²) in [6.07, 6.45) is 3.56. The Morgan fingerprint density at radius 2 is 1.96 bits per heavy atom. The van der Waals surface area contributed by atoms with Crippen molar-refractivity contribution in [1.82, 2.24) is 20.2 Å². The lowest BCUT2D eigenvalue weighted by Crippen LogP contribution is -2.53. The predicted octanol–water partition coefficient (Wildman–Crippen LogP) is 2.30. The molecule has 0 unspecified atom stereocenters. The second-order valence-electron chi connectivity index (χ2n) is 6.06. The van der Waals surface area contributed by atoms with E-state index in [1.165, 1.54) is 0 Å². The van der Waals surface area contributed by atoms with Crippen LogP contribution < -0.4 is 15.0 Å². The second kappa shape index (κ2) is 9.97. The third-order valence-electron chi connectivity index (χ3n) is 4.17. The fourth-order valence-electron chi connectivity index (χ4n) is 2.87.